The zero-order valence-electron chi connectivity index (χ0n) is 65.3. The van der Waals surface area contributed by atoms with Crippen molar-refractivity contribution < 1.29 is 115 Å². The molecule has 0 aliphatic heterocycles. The van der Waals surface area contributed by atoms with Crippen LogP contribution in [0.5, 0.6) is 0 Å². The average molecular weight is 1630 g/mol. The number of esters is 11. The maximum Gasteiger partial charge on any atom is 0.309 e. The van der Waals surface area contributed by atoms with Crippen molar-refractivity contribution in [2.24, 2.45) is 35.5 Å². The Labute approximate surface area is 656 Å². The van der Waals surface area contributed by atoms with E-state index in [4.69, 9.17) is 56.8 Å². The Morgan fingerprint density at radius 3 is 0.783 bits per heavy atom. The number of hydrogen-bond donors (Lipinski definition) is 1. The molecule has 0 fully saturated rings. The number of ether oxygens (including phenoxy) is 12. The van der Waals surface area contributed by atoms with E-state index in [9.17, 15) is 57.8 Å². The highest BCUT2D eigenvalue weighted by molar-refractivity contribution is 8.00. The Hall–Kier alpha value is -4.01. The van der Waals surface area contributed by atoms with Crippen molar-refractivity contribution in [3.63, 3.8) is 0 Å². The fourth-order valence-corrected chi connectivity index (χ4v) is 13.9. The minimum absolute atomic E-state index is 0.0184. The molecule has 0 aliphatic carbocycles. The summed E-state index contributed by atoms with van der Waals surface area (Å²) in [5.74, 6) is -1.84. The van der Waals surface area contributed by atoms with E-state index < -0.39 is 65.9 Å². The summed E-state index contributed by atoms with van der Waals surface area (Å²) in [6.07, 6.45) is 8.92. The van der Waals surface area contributed by atoms with Gasteiger partial charge in [-0.15, -0.1) is 0 Å². The van der Waals surface area contributed by atoms with E-state index in [0.29, 0.717) is 73.0 Å². The first-order valence-electron chi connectivity index (χ1n) is 36.3. The van der Waals surface area contributed by atoms with Crippen molar-refractivity contribution in [3.8, 4) is 0 Å². The van der Waals surface area contributed by atoms with E-state index in [0.717, 1.165) is 44.8 Å². The molecule has 0 aliphatic rings. The molecule has 0 amide bonds. The standard InChI is InChI=1S/C71H127N5O24S6/c1-54(48-101-10)66(83)95-40-36-91-62(79)18-28-75(29-19-63(80)92-37-41-96-67(84)55(2)49-102-11)32-46-105-52-58(5)70(87)99-44-34-89-60(77)16-26-73(8)24-14-22-72(7)23-15-25-74(9)27-17-61(78)90-35-45-100-71(88)59(6)53-106-47-33-76(30-20-64(81)93-38-42-97-68(85)56(3)50-103-12)31-21-65(82)94-39-43-98-69(86)57(4)51-104-13/h54-59,66,83H,14-53H2,1-13H3. The van der Waals surface area contributed by atoms with Gasteiger partial charge in [0.25, 0.3) is 0 Å². The maximum atomic E-state index is 12.8. The van der Waals surface area contributed by atoms with Gasteiger partial charge >= 0.3 is 65.7 Å². The van der Waals surface area contributed by atoms with Crippen molar-refractivity contribution in [3.05, 3.63) is 0 Å². The van der Waals surface area contributed by atoms with E-state index in [1.807, 2.05) is 55.8 Å². The summed E-state index contributed by atoms with van der Waals surface area (Å²) in [5.41, 5.74) is 0. The van der Waals surface area contributed by atoms with Gasteiger partial charge in [-0.3, -0.25) is 52.7 Å². The highest BCUT2D eigenvalue weighted by atomic mass is 32.2. The van der Waals surface area contributed by atoms with Crippen LogP contribution in [-0.4, -0.2) is 352 Å². The first-order chi connectivity index (χ1) is 50.6. The van der Waals surface area contributed by atoms with Crippen LogP contribution < -0.4 is 0 Å². The molecular formula is C71H127N5O24S6. The van der Waals surface area contributed by atoms with Crippen molar-refractivity contribution in [2.45, 2.75) is 99.2 Å². The van der Waals surface area contributed by atoms with Gasteiger partial charge in [-0.25, -0.2) is 0 Å². The molecule has 0 aromatic heterocycles. The lowest BCUT2D eigenvalue weighted by Gasteiger charge is -2.22. The van der Waals surface area contributed by atoms with Crippen LogP contribution in [0.2, 0.25) is 0 Å². The van der Waals surface area contributed by atoms with Crippen molar-refractivity contribution in [1.82, 2.24) is 24.5 Å². The molecule has 616 valence electrons. The number of carbonyl (C=O) groups excluding carboxylic acids is 11. The number of rotatable bonds is 69. The van der Waals surface area contributed by atoms with E-state index >= 15 is 0 Å². The number of aliphatic hydroxyl groups excluding tert-OH is 1. The van der Waals surface area contributed by atoms with Crippen LogP contribution in [0, 0.1) is 35.5 Å². The number of thioether (sulfide) groups is 6. The highest BCUT2D eigenvalue weighted by Gasteiger charge is 2.23. The Morgan fingerprint density at radius 1 is 0.292 bits per heavy atom. The Bertz CT molecular complexity index is 2390. The molecular weight excluding hydrogens is 1500 g/mol. The normalized spacial score (nSPS) is 13.5. The maximum absolute atomic E-state index is 12.8. The molecule has 0 bridgehead atoms. The molecule has 106 heavy (non-hydrogen) atoms. The molecule has 1 N–H and O–H groups in total. The van der Waals surface area contributed by atoms with E-state index in [-0.39, 0.29) is 179 Å². The van der Waals surface area contributed by atoms with Crippen LogP contribution in [0.4, 0.5) is 0 Å². The van der Waals surface area contributed by atoms with Gasteiger partial charge in [0, 0.05) is 104 Å². The smallest absolute Gasteiger partial charge is 0.309 e. The van der Waals surface area contributed by atoms with Gasteiger partial charge in [0.2, 0.25) is 0 Å². The Morgan fingerprint density at radius 2 is 0.519 bits per heavy atom. The van der Waals surface area contributed by atoms with Gasteiger partial charge < -0.3 is 86.4 Å². The monoisotopic (exact) mass is 1630 g/mol. The molecule has 0 aromatic rings. The lowest BCUT2D eigenvalue weighted by molar-refractivity contribution is -0.156. The molecule has 7 atom stereocenters. The van der Waals surface area contributed by atoms with Gasteiger partial charge in [0.05, 0.1) is 74.7 Å². The first-order valence-corrected chi connectivity index (χ1v) is 44.2. The van der Waals surface area contributed by atoms with E-state index in [1.165, 1.54) is 58.8 Å². The number of carbonyl (C=O) groups is 11. The Kier molecular flexibility index (Phi) is 64.2. The summed E-state index contributed by atoms with van der Waals surface area (Å²) in [4.78, 5) is 147. The largest absolute Gasteiger partial charge is 0.463 e. The van der Waals surface area contributed by atoms with Crippen LogP contribution in [0.3, 0.4) is 0 Å². The zero-order valence-corrected chi connectivity index (χ0v) is 70.2. The van der Waals surface area contributed by atoms with Gasteiger partial charge in [-0.2, -0.15) is 70.6 Å². The van der Waals surface area contributed by atoms with Gasteiger partial charge in [0.1, 0.15) is 72.7 Å². The summed E-state index contributed by atoms with van der Waals surface area (Å²) in [7, 11) is 5.93. The van der Waals surface area contributed by atoms with Crippen LogP contribution in [0.1, 0.15) is 92.9 Å². The molecule has 0 saturated carbocycles. The van der Waals surface area contributed by atoms with Crippen molar-refractivity contribution >= 4 is 136 Å². The fourth-order valence-electron chi connectivity index (χ4n) is 9.25. The third-order valence-electron chi connectivity index (χ3n) is 15.7. The Balaban J connectivity index is 4.57. The van der Waals surface area contributed by atoms with Crippen LogP contribution in [-0.2, 0) is 110 Å². The van der Waals surface area contributed by atoms with Crippen LogP contribution in [0.15, 0.2) is 0 Å². The van der Waals surface area contributed by atoms with E-state index in [2.05, 4.69) is 21.7 Å². The lowest BCUT2D eigenvalue weighted by Crippen LogP contribution is -2.32. The zero-order chi connectivity index (χ0) is 79.3. The predicted octanol–water partition coefficient (Wildman–Crippen LogP) is 5.55. The second-order valence-corrected chi connectivity index (χ2v) is 31.6. The minimum Gasteiger partial charge on any atom is -0.463 e. The molecule has 0 radical (unpaired) electrons. The molecule has 0 heterocycles. The van der Waals surface area contributed by atoms with Gasteiger partial charge in [-0.05, 0) is 85.2 Å². The molecule has 29 nitrogen and oxygen atoms in total. The molecule has 7 unspecified atom stereocenters. The summed E-state index contributed by atoms with van der Waals surface area (Å²) < 4.78 is 63.6. The first kappa shape index (κ1) is 102. The molecule has 0 rings (SSSR count). The number of aliphatic hydroxyl groups is 1. The van der Waals surface area contributed by atoms with Crippen LogP contribution >= 0.6 is 70.6 Å². The van der Waals surface area contributed by atoms with Gasteiger partial charge in [0.15, 0.2) is 6.29 Å². The van der Waals surface area contributed by atoms with Crippen molar-refractivity contribution in [1.29, 1.82) is 0 Å². The predicted molar refractivity (Wildman–Crippen MR) is 418 cm³/mol. The van der Waals surface area contributed by atoms with Crippen molar-refractivity contribution in [2.75, 3.05) is 250 Å². The van der Waals surface area contributed by atoms with Crippen LogP contribution in [0.25, 0.3) is 0 Å². The van der Waals surface area contributed by atoms with E-state index in [1.54, 1.807) is 46.4 Å². The fraction of sp³-hybridized carbons (Fsp3) is 0.845. The third kappa shape index (κ3) is 58.0. The molecule has 0 aromatic carbocycles. The summed E-state index contributed by atoms with van der Waals surface area (Å²) in [6, 6.07) is 0. The summed E-state index contributed by atoms with van der Waals surface area (Å²) in [6.45, 7) is 16.4. The third-order valence-corrected chi connectivity index (χ3v) is 21.5. The summed E-state index contributed by atoms with van der Waals surface area (Å²) >= 11 is 9.21. The minimum atomic E-state index is -0.965. The highest BCUT2D eigenvalue weighted by Crippen LogP contribution is 2.16. The quantitative estimate of drug-likeness (QED) is 0.0337. The second-order valence-electron chi connectivity index (χ2n) is 25.7. The molecule has 35 heteroatoms. The SMILES string of the molecule is CSCC(C)C(=O)OCCOC(=O)CCN(CCSCC(C)C(=O)OCCOC(=O)CCN(C)CCCN(C)CCCN(C)CCC(=O)OCCOC(=O)C(C)CSCCN(CCC(=O)OCCOC(=O)C(C)CSC)CCC(=O)OCCOC(O)C(C)CSC)CCC(=O)OCCOC(=O)C(C)CSC. The number of hydrogen-bond acceptors (Lipinski definition) is 35. The molecule has 0 saturated heterocycles. The number of nitrogens with zero attached hydrogens (tertiary/aromatic N) is 5. The second kappa shape index (κ2) is 66.8. The average Bonchev–Trinajstić information content (AvgIpc) is 1.06. The topological polar surface area (TPSA) is 335 Å². The lowest BCUT2D eigenvalue weighted by atomic mass is 10.2. The summed E-state index contributed by atoms with van der Waals surface area (Å²) in [5, 5.41) is 10.1. The van der Waals surface area contributed by atoms with Gasteiger partial charge in [-0.1, -0.05) is 41.5 Å². The molecule has 0 spiro atoms.